The molecule has 0 radical (unpaired) electrons. The van der Waals surface area contributed by atoms with E-state index in [2.05, 4.69) is 0 Å². The molecule has 9 heteroatoms. The van der Waals surface area contributed by atoms with Crippen molar-refractivity contribution in [2.45, 2.75) is 6.42 Å². The minimum atomic E-state index is -0.844. The number of nitrogens with zero attached hydrogens (tertiary/aromatic N) is 2. The van der Waals surface area contributed by atoms with Crippen molar-refractivity contribution in [3.05, 3.63) is 81.3 Å². The van der Waals surface area contributed by atoms with Crippen LogP contribution in [0.4, 0.5) is 15.8 Å². The Morgan fingerprint density at radius 3 is 2.53 bits per heavy atom. The molecular formula is C23H17FN2O5S. The number of benzene rings is 2. The summed E-state index contributed by atoms with van der Waals surface area (Å²) < 4.78 is 19.5. The molecule has 3 amide bonds. The number of imide groups is 1. The maximum Gasteiger partial charge on any atom is 0.348 e. The van der Waals surface area contributed by atoms with Gasteiger partial charge in [-0.3, -0.25) is 14.4 Å². The van der Waals surface area contributed by atoms with E-state index in [0.29, 0.717) is 16.2 Å². The zero-order valence-corrected chi connectivity index (χ0v) is 17.9. The fraction of sp³-hybridized carbons (Fsp3) is 0.130. The molecule has 0 saturated carbocycles. The van der Waals surface area contributed by atoms with E-state index in [0.717, 1.165) is 17.4 Å². The molecule has 1 aliphatic heterocycles. The van der Waals surface area contributed by atoms with Gasteiger partial charge in [-0.15, -0.1) is 11.3 Å². The normalized spacial score (nSPS) is 13.0. The van der Waals surface area contributed by atoms with Crippen LogP contribution in [-0.4, -0.2) is 37.8 Å². The molecule has 0 unspecified atom stereocenters. The largest absolute Gasteiger partial charge is 0.465 e. The van der Waals surface area contributed by atoms with Crippen molar-refractivity contribution in [2.75, 3.05) is 24.0 Å². The van der Waals surface area contributed by atoms with Gasteiger partial charge in [-0.05, 0) is 41.3 Å². The minimum absolute atomic E-state index is 0.0129. The van der Waals surface area contributed by atoms with Crippen molar-refractivity contribution in [3.8, 4) is 0 Å². The molecular weight excluding hydrogens is 435 g/mol. The van der Waals surface area contributed by atoms with Gasteiger partial charge in [0.25, 0.3) is 11.8 Å². The molecule has 0 N–H and O–H groups in total. The second-order valence-corrected chi connectivity index (χ2v) is 7.91. The average molecular weight is 452 g/mol. The molecule has 0 atom stereocenters. The maximum absolute atomic E-state index is 14.8. The summed E-state index contributed by atoms with van der Waals surface area (Å²) in [5.41, 5.74) is 0.772. The molecule has 0 bridgehead atoms. The Morgan fingerprint density at radius 1 is 1.12 bits per heavy atom. The van der Waals surface area contributed by atoms with Gasteiger partial charge < -0.3 is 9.64 Å². The average Bonchev–Trinajstić information content (AvgIpc) is 3.23. The topological polar surface area (TPSA) is 84.0 Å². The number of rotatable bonds is 4. The van der Waals surface area contributed by atoms with Crippen molar-refractivity contribution >= 4 is 46.4 Å². The standard InChI is InChI=1S/C23H17FN2O5S/c1-25(15-6-4-3-5-7-15)21(28)13-8-9-16(24)17(10-13)26-18(27)11-14-12-32-20(23(30)31-2)19(14)22(26)29/h3-10,12H,11H2,1-2H3. The highest BCUT2D eigenvalue weighted by molar-refractivity contribution is 7.12. The minimum Gasteiger partial charge on any atom is -0.465 e. The van der Waals surface area contributed by atoms with Crippen LogP contribution in [0.5, 0.6) is 0 Å². The first-order valence-electron chi connectivity index (χ1n) is 9.52. The van der Waals surface area contributed by atoms with Crippen LogP contribution in [0.2, 0.25) is 0 Å². The number of carbonyl (C=O) groups is 4. The van der Waals surface area contributed by atoms with Crippen LogP contribution in [-0.2, 0) is 16.0 Å². The van der Waals surface area contributed by atoms with Crippen LogP contribution in [0.1, 0.15) is 36.0 Å². The number of anilines is 2. The molecule has 3 aromatic rings. The van der Waals surface area contributed by atoms with E-state index >= 15 is 0 Å². The zero-order valence-electron chi connectivity index (χ0n) is 17.1. The van der Waals surface area contributed by atoms with E-state index in [1.807, 2.05) is 6.07 Å². The smallest absolute Gasteiger partial charge is 0.348 e. The van der Waals surface area contributed by atoms with Crippen LogP contribution in [0.25, 0.3) is 0 Å². The van der Waals surface area contributed by atoms with Crippen molar-refractivity contribution < 1.29 is 28.3 Å². The van der Waals surface area contributed by atoms with E-state index in [1.165, 1.54) is 24.1 Å². The lowest BCUT2D eigenvalue weighted by molar-refractivity contribution is -0.117. The Labute approximate surface area is 186 Å². The Morgan fingerprint density at radius 2 is 1.84 bits per heavy atom. The van der Waals surface area contributed by atoms with Gasteiger partial charge in [0, 0.05) is 18.3 Å². The lowest BCUT2D eigenvalue weighted by atomic mass is 10.00. The number of carbonyl (C=O) groups excluding carboxylic acids is 4. The van der Waals surface area contributed by atoms with E-state index < -0.39 is 29.5 Å². The van der Waals surface area contributed by atoms with Gasteiger partial charge in [-0.25, -0.2) is 14.1 Å². The fourth-order valence-corrected chi connectivity index (χ4v) is 4.47. The molecule has 0 fully saturated rings. The molecule has 32 heavy (non-hydrogen) atoms. The number of para-hydroxylation sites is 1. The molecule has 0 aliphatic carbocycles. The van der Waals surface area contributed by atoms with E-state index in [9.17, 15) is 23.6 Å². The number of hydrogen-bond donors (Lipinski definition) is 0. The maximum atomic E-state index is 14.8. The molecule has 0 saturated heterocycles. The number of thiophene rings is 1. The van der Waals surface area contributed by atoms with Gasteiger partial charge in [0.05, 0.1) is 24.8 Å². The predicted octanol–water partition coefficient (Wildman–Crippen LogP) is 3.68. The number of hydrogen-bond acceptors (Lipinski definition) is 6. The quantitative estimate of drug-likeness (QED) is 0.445. The first-order chi connectivity index (χ1) is 15.3. The van der Waals surface area contributed by atoms with Crippen molar-refractivity contribution in [1.29, 1.82) is 0 Å². The van der Waals surface area contributed by atoms with E-state index in [4.69, 9.17) is 4.74 Å². The lowest BCUT2D eigenvalue weighted by Gasteiger charge is -2.26. The summed E-state index contributed by atoms with van der Waals surface area (Å²) >= 11 is 0.986. The Bertz CT molecular complexity index is 1250. The van der Waals surface area contributed by atoms with Crippen LogP contribution < -0.4 is 9.80 Å². The summed E-state index contributed by atoms with van der Waals surface area (Å²) in [4.78, 5) is 53.0. The van der Waals surface area contributed by atoms with Gasteiger partial charge in [-0.2, -0.15) is 0 Å². The Kier molecular flexibility index (Phi) is 5.58. The zero-order chi connectivity index (χ0) is 23.0. The summed E-state index contributed by atoms with van der Waals surface area (Å²) in [7, 11) is 2.75. The molecule has 2 aromatic carbocycles. The number of amides is 3. The third-order valence-corrected chi connectivity index (χ3v) is 6.14. The molecule has 2 heterocycles. The van der Waals surface area contributed by atoms with Gasteiger partial charge >= 0.3 is 5.97 Å². The van der Waals surface area contributed by atoms with Gasteiger partial charge in [0.1, 0.15) is 10.7 Å². The summed E-state index contributed by atoms with van der Waals surface area (Å²) in [5.74, 6) is -3.49. The molecule has 1 aromatic heterocycles. The van der Waals surface area contributed by atoms with Crippen LogP contribution in [0, 0.1) is 5.82 Å². The van der Waals surface area contributed by atoms with Gasteiger partial charge in [0.15, 0.2) is 0 Å². The fourth-order valence-electron chi connectivity index (χ4n) is 3.49. The first kappa shape index (κ1) is 21.4. The number of esters is 1. The van der Waals surface area contributed by atoms with Gasteiger partial charge in [-0.1, -0.05) is 18.2 Å². The number of methoxy groups -OCH3 is 1. The van der Waals surface area contributed by atoms with Crippen molar-refractivity contribution in [2.24, 2.45) is 0 Å². The third kappa shape index (κ3) is 3.56. The lowest BCUT2D eigenvalue weighted by Crippen LogP contribution is -2.43. The molecule has 7 nitrogen and oxygen atoms in total. The highest BCUT2D eigenvalue weighted by Crippen LogP contribution is 2.33. The third-order valence-electron chi connectivity index (χ3n) is 5.13. The highest BCUT2D eigenvalue weighted by Gasteiger charge is 2.38. The van der Waals surface area contributed by atoms with E-state index in [1.54, 1.807) is 36.7 Å². The molecule has 0 spiro atoms. The van der Waals surface area contributed by atoms with E-state index in [-0.39, 0.29) is 28.1 Å². The summed E-state index contributed by atoms with van der Waals surface area (Å²) in [5, 5.41) is 1.54. The molecule has 162 valence electrons. The van der Waals surface area contributed by atoms with Gasteiger partial charge in [0.2, 0.25) is 5.91 Å². The molecule has 1 aliphatic rings. The van der Waals surface area contributed by atoms with Crippen molar-refractivity contribution in [3.63, 3.8) is 0 Å². The summed E-state index contributed by atoms with van der Waals surface area (Å²) in [6.07, 6.45) is -0.184. The Hall–Kier alpha value is -3.85. The first-order valence-corrected chi connectivity index (χ1v) is 10.4. The SMILES string of the molecule is COC(=O)c1scc2c1C(=O)N(c1cc(C(=O)N(C)c3ccccc3)ccc1F)C(=O)C2. The second kappa shape index (κ2) is 8.35. The predicted molar refractivity (Wildman–Crippen MR) is 117 cm³/mol. The summed E-state index contributed by atoms with van der Waals surface area (Å²) in [6, 6.07) is 12.3. The number of ether oxygens (including phenoxy) is 1. The Balaban J connectivity index is 1.73. The van der Waals surface area contributed by atoms with Crippen LogP contribution in [0.3, 0.4) is 0 Å². The number of halogens is 1. The van der Waals surface area contributed by atoms with Crippen molar-refractivity contribution in [1.82, 2.24) is 0 Å². The molecule has 4 rings (SSSR count). The van der Waals surface area contributed by atoms with Crippen LogP contribution >= 0.6 is 11.3 Å². The monoisotopic (exact) mass is 452 g/mol. The highest BCUT2D eigenvalue weighted by atomic mass is 32.1. The summed E-state index contributed by atoms with van der Waals surface area (Å²) in [6.45, 7) is 0. The second-order valence-electron chi connectivity index (χ2n) is 7.03. The number of fused-ring (bicyclic) bond motifs is 1. The van der Waals surface area contributed by atoms with Crippen LogP contribution in [0.15, 0.2) is 53.9 Å².